The fourth-order valence-electron chi connectivity index (χ4n) is 3.92. The monoisotopic (exact) mass is 375 g/mol. The lowest BCUT2D eigenvalue weighted by Gasteiger charge is -2.36. The first-order chi connectivity index (χ1) is 13.6. The lowest BCUT2D eigenvalue weighted by Crippen LogP contribution is -2.41. The molecule has 1 N–H and O–H groups in total. The summed E-state index contributed by atoms with van der Waals surface area (Å²) in [5.41, 5.74) is 3.04. The van der Waals surface area contributed by atoms with Gasteiger partial charge in [0.2, 0.25) is 0 Å². The third-order valence-corrected chi connectivity index (χ3v) is 5.33. The molecule has 1 aliphatic rings. The first kappa shape index (κ1) is 16.9. The molecule has 8 heteroatoms. The molecule has 0 atom stereocenters. The number of nitrogens with one attached hydrogen (secondary N) is 1. The summed E-state index contributed by atoms with van der Waals surface area (Å²) < 4.78 is 3.53. The molecule has 1 fully saturated rings. The van der Waals surface area contributed by atoms with Crippen molar-refractivity contribution in [2.75, 3.05) is 5.32 Å². The maximum Gasteiger partial charge on any atom is 0.332 e. The van der Waals surface area contributed by atoms with E-state index in [2.05, 4.69) is 25.3 Å². The summed E-state index contributed by atoms with van der Waals surface area (Å²) in [6.45, 7) is 3.98. The van der Waals surface area contributed by atoms with Crippen molar-refractivity contribution >= 4 is 28.1 Å². The summed E-state index contributed by atoms with van der Waals surface area (Å²) in [7, 11) is 0. The van der Waals surface area contributed by atoms with E-state index in [0.717, 1.165) is 29.7 Å². The summed E-state index contributed by atoms with van der Waals surface area (Å²) in [6.07, 6.45) is 6.74. The number of anilines is 1. The van der Waals surface area contributed by atoms with E-state index >= 15 is 0 Å². The fraction of sp³-hybridized carbons (Fsp3) is 0.350. The molecule has 8 nitrogen and oxygen atoms in total. The van der Waals surface area contributed by atoms with E-state index < -0.39 is 0 Å². The molecule has 0 aromatic carbocycles. The fourth-order valence-corrected chi connectivity index (χ4v) is 3.92. The second kappa shape index (κ2) is 6.40. The maximum absolute atomic E-state index is 13.0. The van der Waals surface area contributed by atoms with E-state index in [9.17, 15) is 4.79 Å². The Bertz CT molecular complexity index is 1220. The predicted molar refractivity (Wildman–Crippen MR) is 107 cm³/mol. The van der Waals surface area contributed by atoms with Crippen LogP contribution in [0, 0.1) is 0 Å². The van der Waals surface area contributed by atoms with Crippen LogP contribution in [-0.4, -0.2) is 35.1 Å². The Morgan fingerprint density at radius 1 is 1.00 bits per heavy atom. The molecule has 28 heavy (non-hydrogen) atoms. The number of nitrogens with zero attached hydrogens (tertiary/aromatic N) is 6. The molecule has 142 valence electrons. The van der Waals surface area contributed by atoms with Crippen LogP contribution in [0.25, 0.3) is 22.3 Å². The lowest BCUT2D eigenvalue weighted by atomic mass is 9.86. The number of pyridine rings is 2. The molecule has 0 radical (unpaired) electrons. The van der Waals surface area contributed by atoms with Crippen LogP contribution in [0.15, 0.2) is 47.7 Å². The van der Waals surface area contributed by atoms with Crippen LogP contribution < -0.4 is 11.0 Å². The molecule has 0 spiro atoms. The third-order valence-electron chi connectivity index (χ3n) is 5.33. The zero-order chi connectivity index (χ0) is 19.3. The van der Waals surface area contributed by atoms with Crippen LogP contribution in [0.1, 0.15) is 38.8 Å². The quantitative estimate of drug-likeness (QED) is 0.590. The highest BCUT2D eigenvalue weighted by Crippen LogP contribution is 2.35. The Morgan fingerprint density at radius 3 is 2.57 bits per heavy atom. The predicted octanol–water partition coefficient (Wildman–Crippen LogP) is 2.93. The van der Waals surface area contributed by atoms with Gasteiger partial charge in [0.05, 0.1) is 11.0 Å². The average Bonchev–Trinajstić information content (AvgIpc) is 2.96. The smallest absolute Gasteiger partial charge is 0.332 e. The third kappa shape index (κ3) is 2.64. The molecule has 0 aliphatic heterocycles. The Kier molecular flexibility index (Phi) is 3.85. The van der Waals surface area contributed by atoms with Crippen molar-refractivity contribution in [3.8, 4) is 0 Å². The van der Waals surface area contributed by atoms with E-state index in [-0.39, 0.29) is 23.8 Å². The van der Waals surface area contributed by atoms with E-state index in [0.29, 0.717) is 11.3 Å². The summed E-state index contributed by atoms with van der Waals surface area (Å²) >= 11 is 0. The van der Waals surface area contributed by atoms with Gasteiger partial charge in [-0.25, -0.2) is 19.7 Å². The average molecular weight is 375 g/mol. The Balaban J connectivity index is 1.38. The zero-order valence-corrected chi connectivity index (χ0v) is 15.8. The summed E-state index contributed by atoms with van der Waals surface area (Å²) in [5.74, 6) is 0.834. The first-order valence-electron chi connectivity index (χ1n) is 9.53. The number of rotatable bonds is 4. The molecule has 0 saturated heterocycles. The molecular formula is C20H21N7O. The Morgan fingerprint density at radius 2 is 1.79 bits per heavy atom. The minimum absolute atomic E-state index is 0.0328. The second-order valence-electron chi connectivity index (χ2n) is 7.52. The van der Waals surface area contributed by atoms with Gasteiger partial charge in [0.25, 0.3) is 0 Å². The van der Waals surface area contributed by atoms with Crippen LogP contribution in [0.2, 0.25) is 0 Å². The van der Waals surface area contributed by atoms with Crippen molar-refractivity contribution in [1.29, 1.82) is 0 Å². The van der Waals surface area contributed by atoms with Crippen molar-refractivity contribution in [1.82, 2.24) is 29.1 Å². The van der Waals surface area contributed by atoms with Crippen LogP contribution in [-0.2, 0) is 0 Å². The van der Waals surface area contributed by atoms with E-state index in [4.69, 9.17) is 0 Å². The molecule has 4 heterocycles. The highest BCUT2D eigenvalue weighted by Gasteiger charge is 2.34. The lowest BCUT2D eigenvalue weighted by molar-refractivity contribution is 0.278. The molecule has 1 saturated carbocycles. The minimum Gasteiger partial charge on any atom is -0.367 e. The second-order valence-corrected chi connectivity index (χ2v) is 7.52. The first-order valence-corrected chi connectivity index (χ1v) is 9.53. The van der Waals surface area contributed by atoms with Gasteiger partial charge >= 0.3 is 5.69 Å². The molecule has 1 aliphatic carbocycles. The number of fused-ring (bicyclic) bond motifs is 2. The largest absolute Gasteiger partial charge is 0.367 e. The van der Waals surface area contributed by atoms with Crippen LogP contribution in [0.3, 0.4) is 0 Å². The molecule has 0 bridgehead atoms. The number of aromatic nitrogens is 6. The van der Waals surface area contributed by atoms with Gasteiger partial charge in [-0.05, 0) is 51.0 Å². The molecule has 4 aromatic heterocycles. The van der Waals surface area contributed by atoms with Crippen LogP contribution in [0.5, 0.6) is 0 Å². The molecule has 5 rings (SSSR count). The van der Waals surface area contributed by atoms with Crippen molar-refractivity contribution in [2.24, 2.45) is 0 Å². The number of hydrogen-bond donors (Lipinski definition) is 1. The topological polar surface area (TPSA) is 90.5 Å². The van der Waals surface area contributed by atoms with Gasteiger partial charge in [0.1, 0.15) is 5.82 Å². The summed E-state index contributed by atoms with van der Waals surface area (Å²) in [4.78, 5) is 30.7. The summed E-state index contributed by atoms with van der Waals surface area (Å²) in [6, 6.07) is 8.19. The molecule has 0 amide bonds. The normalized spacial score (nSPS) is 19.2. The Hall–Kier alpha value is -3.29. The van der Waals surface area contributed by atoms with Crippen molar-refractivity contribution in [3.05, 3.63) is 53.3 Å². The Labute approximate surface area is 161 Å². The number of imidazole rings is 1. The molecular weight excluding hydrogens is 354 g/mol. The molecule has 4 aromatic rings. The molecule has 0 unspecified atom stereocenters. The SMILES string of the molecule is CC(C)n1c(=O)n([C@H]2C[C@H](Nc3ccc4ncccc4n3)C2)c2nccnc21. The number of hydrogen-bond acceptors (Lipinski definition) is 6. The summed E-state index contributed by atoms with van der Waals surface area (Å²) in [5, 5.41) is 3.47. The van der Waals surface area contributed by atoms with E-state index in [1.165, 1.54) is 0 Å². The van der Waals surface area contributed by atoms with E-state index in [1.807, 2.05) is 38.1 Å². The standard InChI is InChI=1S/C20H21N7O/c1-12(2)26-18-19(23-9-8-22-18)27(20(26)28)14-10-13(11-14)24-17-6-5-15-16(25-17)4-3-7-21-15/h3-9,12-14H,10-11H2,1-2H3,(H,24,25)/t13-,14-. The van der Waals surface area contributed by atoms with Crippen LogP contribution in [0.4, 0.5) is 5.82 Å². The van der Waals surface area contributed by atoms with Crippen LogP contribution >= 0.6 is 0 Å². The van der Waals surface area contributed by atoms with E-state index in [1.54, 1.807) is 27.7 Å². The van der Waals surface area contributed by atoms with Gasteiger partial charge in [-0.3, -0.25) is 14.1 Å². The van der Waals surface area contributed by atoms with Gasteiger partial charge in [-0.15, -0.1) is 0 Å². The van der Waals surface area contributed by atoms with Gasteiger partial charge < -0.3 is 5.32 Å². The minimum atomic E-state index is -0.0328. The van der Waals surface area contributed by atoms with Gasteiger partial charge in [0, 0.05) is 36.7 Å². The highest BCUT2D eigenvalue weighted by molar-refractivity contribution is 5.75. The van der Waals surface area contributed by atoms with Gasteiger partial charge in [-0.1, -0.05) is 0 Å². The maximum atomic E-state index is 13.0. The van der Waals surface area contributed by atoms with Crippen molar-refractivity contribution in [3.63, 3.8) is 0 Å². The highest BCUT2D eigenvalue weighted by atomic mass is 16.2. The van der Waals surface area contributed by atoms with Crippen molar-refractivity contribution < 1.29 is 0 Å². The zero-order valence-electron chi connectivity index (χ0n) is 15.8. The van der Waals surface area contributed by atoms with Crippen molar-refractivity contribution in [2.45, 2.75) is 44.8 Å². The van der Waals surface area contributed by atoms with Gasteiger partial charge in [-0.2, -0.15) is 0 Å². The van der Waals surface area contributed by atoms with Gasteiger partial charge in [0.15, 0.2) is 11.3 Å².